The quantitative estimate of drug-likeness (QED) is 0.324. The number of rotatable bonds is 7. The van der Waals surface area contributed by atoms with Gasteiger partial charge in [0.25, 0.3) is 5.91 Å². The van der Waals surface area contributed by atoms with Crippen LogP contribution in [-0.4, -0.2) is 22.7 Å². The smallest absolute Gasteiger partial charge is 0.297 e. The number of ether oxygens (including phenoxy) is 1. The van der Waals surface area contributed by atoms with Gasteiger partial charge in [0.05, 0.1) is 23.6 Å². The molecule has 1 aliphatic heterocycles. The average Bonchev–Trinajstić information content (AvgIpc) is 3.38. The number of benzene rings is 2. The van der Waals surface area contributed by atoms with E-state index in [9.17, 15) is 9.59 Å². The van der Waals surface area contributed by atoms with Crippen LogP contribution < -0.4 is 15.1 Å². The lowest BCUT2D eigenvalue weighted by molar-refractivity contribution is 0.0970. The molecule has 2 aromatic carbocycles. The van der Waals surface area contributed by atoms with Gasteiger partial charge in [0.1, 0.15) is 16.3 Å². The SMILES string of the molecule is CCCCCOc1cccc(C2c3c(oc4ccc(C)cc4c3=O)C(=O)N2c2nnc(C)s2)c1. The monoisotopic (exact) mass is 475 g/mol. The first-order chi connectivity index (χ1) is 16.5. The zero-order chi connectivity index (χ0) is 23.8. The molecule has 34 heavy (non-hydrogen) atoms. The van der Waals surface area contributed by atoms with Gasteiger partial charge < -0.3 is 9.15 Å². The van der Waals surface area contributed by atoms with Crippen molar-refractivity contribution in [3.05, 3.63) is 80.1 Å². The minimum atomic E-state index is -0.685. The van der Waals surface area contributed by atoms with Crippen LogP contribution in [0.25, 0.3) is 11.0 Å². The molecule has 0 spiro atoms. The van der Waals surface area contributed by atoms with E-state index in [0.29, 0.717) is 34.0 Å². The molecule has 4 aromatic rings. The first-order valence-electron chi connectivity index (χ1n) is 11.4. The molecule has 0 saturated carbocycles. The van der Waals surface area contributed by atoms with Gasteiger partial charge in [-0.25, -0.2) is 0 Å². The van der Waals surface area contributed by atoms with Crippen LogP contribution >= 0.6 is 11.3 Å². The van der Waals surface area contributed by atoms with Crippen molar-refractivity contribution in [3.8, 4) is 5.75 Å². The van der Waals surface area contributed by atoms with Crippen LogP contribution in [0.3, 0.4) is 0 Å². The fourth-order valence-electron chi connectivity index (χ4n) is 4.30. The summed E-state index contributed by atoms with van der Waals surface area (Å²) in [6.45, 7) is 6.51. The first-order valence-corrected chi connectivity index (χ1v) is 12.2. The molecule has 7 nitrogen and oxygen atoms in total. The van der Waals surface area contributed by atoms with Crippen molar-refractivity contribution in [1.29, 1.82) is 0 Å². The van der Waals surface area contributed by atoms with Gasteiger partial charge in [0, 0.05) is 0 Å². The molecule has 1 unspecified atom stereocenters. The lowest BCUT2D eigenvalue weighted by Crippen LogP contribution is -2.29. The second-order valence-electron chi connectivity index (χ2n) is 8.48. The Labute approximate surface area is 201 Å². The Morgan fingerprint density at radius 1 is 1.09 bits per heavy atom. The molecule has 0 radical (unpaired) electrons. The third-order valence-electron chi connectivity index (χ3n) is 5.94. The van der Waals surface area contributed by atoms with Crippen molar-refractivity contribution in [2.45, 2.75) is 46.1 Å². The molecule has 8 heteroatoms. The minimum absolute atomic E-state index is 0.0495. The molecule has 1 amide bonds. The largest absolute Gasteiger partial charge is 0.494 e. The van der Waals surface area contributed by atoms with Gasteiger partial charge in [0.2, 0.25) is 10.9 Å². The molecule has 0 bridgehead atoms. The fourth-order valence-corrected chi connectivity index (χ4v) is 5.01. The number of carbonyl (C=O) groups excluding carboxylic acids is 1. The van der Waals surface area contributed by atoms with Crippen LogP contribution in [-0.2, 0) is 0 Å². The number of amides is 1. The van der Waals surface area contributed by atoms with E-state index < -0.39 is 11.9 Å². The van der Waals surface area contributed by atoms with Crippen molar-refractivity contribution >= 4 is 33.3 Å². The van der Waals surface area contributed by atoms with E-state index in [-0.39, 0.29) is 11.2 Å². The zero-order valence-electron chi connectivity index (χ0n) is 19.3. The van der Waals surface area contributed by atoms with Gasteiger partial charge in [-0.1, -0.05) is 54.9 Å². The van der Waals surface area contributed by atoms with Crippen molar-refractivity contribution < 1.29 is 13.9 Å². The molecule has 2 aromatic heterocycles. The summed E-state index contributed by atoms with van der Waals surface area (Å²) in [5, 5.41) is 9.91. The van der Waals surface area contributed by atoms with Gasteiger partial charge in [-0.05, 0) is 50.1 Å². The number of aryl methyl sites for hydroxylation is 2. The lowest BCUT2D eigenvalue weighted by atomic mass is 9.98. The summed E-state index contributed by atoms with van der Waals surface area (Å²) in [6, 6.07) is 12.3. The van der Waals surface area contributed by atoms with Crippen molar-refractivity contribution in [2.75, 3.05) is 11.5 Å². The maximum Gasteiger partial charge on any atom is 0.297 e. The summed E-state index contributed by atoms with van der Waals surface area (Å²) in [4.78, 5) is 28.8. The fraction of sp³-hybridized carbons (Fsp3) is 0.308. The Morgan fingerprint density at radius 2 is 1.94 bits per heavy atom. The summed E-state index contributed by atoms with van der Waals surface area (Å²) in [5.74, 6) is 0.349. The van der Waals surface area contributed by atoms with Crippen molar-refractivity contribution in [3.63, 3.8) is 0 Å². The highest BCUT2D eigenvalue weighted by atomic mass is 32.1. The molecule has 0 N–H and O–H groups in total. The standard InChI is InChI=1S/C26H25N3O4S/c1-4-5-6-12-32-18-9-7-8-17(14-18)22-21-23(30)19-13-15(2)10-11-20(19)33-24(21)25(31)29(22)26-28-27-16(3)34-26/h7-11,13-14,22H,4-6,12H2,1-3H3. The third kappa shape index (κ3) is 3.88. The first kappa shape index (κ1) is 22.3. The normalized spacial score (nSPS) is 15.2. The molecule has 3 heterocycles. The molecule has 1 aliphatic rings. The van der Waals surface area contributed by atoms with Gasteiger partial charge in [-0.2, -0.15) is 0 Å². The third-order valence-corrected chi connectivity index (χ3v) is 6.78. The minimum Gasteiger partial charge on any atom is -0.494 e. The molecule has 0 fully saturated rings. The Morgan fingerprint density at radius 3 is 2.71 bits per heavy atom. The Balaban J connectivity index is 1.66. The van der Waals surface area contributed by atoms with E-state index in [0.717, 1.165) is 35.4 Å². The van der Waals surface area contributed by atoms with E-state index >= 15 is 0 Å². The van der Waals surface area contributed by atoms with E-state index in [1.807, 2.05) is 44.2 Å². The van der Waals surface area contributed by atoms with Crippen LogP contribution in [0.2, 0.25) is 0 Å². The van der Waals surface area contributed by atoms with E-state index in [1.54, 1.807) is 12.1 Å². The zero-order valence-corrected chi connectivity index (χ0v) is 20.1. The highest BCUT2D eigenvalue weighted by Crippen LogP contribution is 2.42. The number of nitrogens with zero attached hydrogens (tertiary/aromatic N) is 3. The predicted molar refractivity (Wildman–Crippen MR) is 132 cm³/mol. The molecule has 174 valence electrons. The molecular formula is C26H25N3O4S. The number of anilines is 1. The molecule has 5 rings (SSSR count). The van der Waals surface area contributed by atoms with Crippen LogP contribution in [0, 0.1) is 13.8 Å². The lowest BCUT2D eigenvalue weighted by Gasteiger charge is -2.22. The second-order valence-corrected chi connectivity index (χ2v) is 9.64. The second kappa shape index (κ2) is 9.02. The van der Waals surface area contributed by atoms with Gasteiger partial charge in [-0.3, -0.25) is 14.5 Å². The molecule has 1 atom stereocenters. The molecule has 0 saturated heterocycles. The van der Waals surface area contributed by atoms with Gasteiger partial charge in [0.15, 0.2) is 5.43 Å². The summed E-state index contributed by atoms with van der Waals surface area (Å²) in [6.07, 6.45) is 3.18. The van der Waals surface area contributed by atoms with Crippen LogP contribution in [0.15, 0.2) is 51.7 Å². The topological polar surface area (TPSA) is 85.5 Å². The van der Waals surface area contributed by atoms with Crippen LogP contribution in [0.1, 0.15) is 64.5 Å². The highest BCUT2D eigenvalue weighted by Gasteiger charge is 2.45. The number of hydrogen-bond acceptors (Lipinski definition) is 7. The Kier molecular flexibility index (Phi) is 5.91. The van der Waals surface area contributed by atoms with Gasteiger partial charge >= 0.3 is 0 Å². The number of carbonyl (C=O) groups is 1. The average molecular weight is 476 g/mol. The van der Waals surface area contributed by atoms with Crippen molar-refractivity contribution in [1.82, 2.24) is 10.2 Å². The van der Waals surface area contributed by atoms with E-state index in [4.69, 9.17) is 9.15 Å². The number of hydrogen-bond donors (Lipinski definition) is 0. The number of fused-ring (bicyclic) bond motifs is 2. The van der Waals surface area contributed by atoms with Crippen LogP contribution in [0.4, 0.5) is 5.13 Å². The maximum absolute atomic E-state index is 13.7. The summed E-state index contributed by atoms with van der Waals surface area (Å²) >= 11 is 1.30. The summed E-state index contributed by atoms with van der Waals surface area (Å²) < 4.78 is 12.0. The van der Waals surface area contributed by atoms with Gasteiger partial charge in [-0.15, -0.1) is 10.2 Å². The maximum atomic E-state index is 13.7. The predicted octanol–water partition coefficient (Wildman–Crippen LogP) is 5.58. The van der Waals surface area contributed by atoms with Crippen molar-refractivity contribution in [2.24, 2.45) is 0 Å². The number of aromatic nitrogens is 2. The number of unbranched alkanes of at least 4 members (excludes halogenated alkanes) is 2. The molecule has 0 aliphatic carbocycles. The summed E-state index contributed by atoms with van der Waals surface area (Å²) in [5.41, 5.74) is 2.20. The Bertz CT molecular complexity index is 1440. The van der Waals surface area contributed by atoms with E-state index in [1.165, 1.54) is 16.2 Å². The summed E-state index contributed by atoms with van der Waals surface area (Å²) in [7, 11) is 0. The Hall–Kier alpha value is -3.52. The molecular weight excluding hydrogens is 450 g/mol. The van der Waals surface area contributed by atoms with E-state index in [2.05, 4.69) is 17.1 Å². The highest BCUT2D eigenvalue weighted by molar-refractivity contribution is 7.15. The van der Waals surface area contributed by atoms with Crippen LogP contribution in [0.5, 0.6) is 5.75 Å².